The maximum Gasteiger partial charge on any atom is 0.158 e. The lowest BCUT2D eigenvalue weighted by atomic mass is 10.4. The number of hydrogen-bond acceptors (Lipinski definition) is 6. The third-order valence-corrected chi connectivity index (χ3v) is 3.01. The maximum absolute atomic E-state index is 8.63. The molecule has 0 spiro atoms. The molecule has 0 aliphatic heterocycles. The lowest BCUT2D eigenvalue weighted by molar-refractivity contribution is 0.675. The van der Waals surface area contributed by atoms with Gasteiger partial charge in [0.05, 0.1) is 12.4 Å². The summed E-state index contributed by atoms with van der Waals surface area (Å²) >= 11 is 0. The quantitative estimate of drug-likeness (QED) is 0.854. The number of anilines is 1. The van der Waals surface area contributed by atoms with E-state index in [1.54, 1.807) is 12.5 Å². The number of nitrogens with zero attached hydrogens (tertiary/aromatic N) is 6. The molecule has 96 valence electrons. The lowest BCUT2D eigenvalue weighted by Gasteiger charge is -2.07. The van der Waals surface area contributed by atoms with E-state index in [4.69, 9.17) is 5.26 Å². The molecule has 0 atom stereocenters. The molecule has 7 nitrogen and oxygen atoms in total. The maximum atomic E-state index is 8.63. The van der Waals surface area contributed by atoms with E-state index >= 15 is 0 Å². The fourth-order valence-electron chi connectivity index (χ4n) is 1.88. The zero-order valence-corrected chi connectivity index (χ0v) is 10.3. The van der Waals surface area contributed by atoms with Crippen LogP contribution in [0, 0.1) is 11.3 Å². The van der Waals surface area contributed by atoms with Gasteiger partial charge in [0.2, 0.25) is 0 Å². The van der Waals surface area contributed by atoms with Crippen LogP contribution in [0.25, 0.3) is 0 Å². The van der Waals surface area contributed by atoms with Crippen LogP contribution in [-0.4, -0.2) is 31.3 Å². The summed E-state index contributed by atoms with van der Waals surface area (Å²) in [5, 5.41) is 19.9. The predicted molar refractivity (Wildman–Crippen MR) is 67.2 cm³/mol. The largest absolute Gasteiger partial charge is 0.367 e. The number of nitrogens with one attached hydrogen (secondary N) is 1. The molecule has 2 aromatic heterocycles. The van der Waals surface area contributed by atoms with Gasteiger partial charge in [-0.1, -0.05) is 0 Å². The molecule has 0 bridgehead atoms. The van der Waals surface area contributed by atoms with E-state index in [0.29, 0.717) is 17.4 Å². The third-order valence-electron chi connectivity index (χ3n) is 3.01. The first-order valence-corrected chi connectivity index (χ1v) is 6.20. The SMILES string of the molecule is N#Cc1cnc(NCCn2cnnc2C2CC2)cn1. The average Bonchev–Trinajstić information content (AvgIpc) is 3.19. The van der Waals surface area contributed by atoms with Gasteiger partial charge in [-0.3, -0.25) is 0 Å². The van der Waals surface area contributed by atoms with Crippen molar-refractivity contribution < 1.29 is 0 Å². The van der Waals surface area contributed by atoms with Crippen LogP contribution in [0.2, 0.25) is 0 Å². The van der Waals surface area contributed by atoms with Gasteiger partial charge in [0, 0.05) is 19.0 Å². The van der Waals surface area contributed by atoms with E-state index in [9.17, 15) is 0 Å². The van der Waals surface area contributed by atoms with E-state index in [1.165, 1.54) is 19.0 Å². The fraction of sp³-hybridized carbons (Fsp3) is 0.417. The highest BCUT2D eigenvalue weighted by molar-refractivity contribution is 5.32. The fourth-order valence-corrected chi connectivity index (χ4v) is 1.88. The van der Waals surface area contributed by atoms with E-state index in [2.05, 4.69) is 30.0 Å². The van der Waals surface area contributed by atoms with Crippen molar-refractivity contribution in [2.75, 3.05) is 11.9 Å². The van der Waals surface area contributed by atoms with Crippen LogP contribution in [0.5, 0.6) is 0 Å². The van der Waals surface area contributed by atoms with Crippen molar-refractivity contribution in [3.8, 4) is 6.07 Å². The molecule has 2 heterocycles. The molecule has 1 N–H and O–H groups in total. The molecule has 1 fully saturated rings. The molecule has 0 unspecified atom stereocenters. The molecular weight excluding hydrogens is 242 g/mol. The van der Waals surface area contributed by atoms with Gasteiger partial charge in [0.1, 0.15) is 24.0 Å². The van der Waals surface area contributed by atoms with Gasteiger partial charge in [-0.15, -0.1) is 10.2 Å². The molecule has 7 heteroatoms. The van der Waals surface area contributed by atoms with Gasteiger partial charge in [-0.05, 0) is 12.8 Å². The van der Waals surface area contributed by atoms with Crippen LogP contribution in [0.1, 0.15) is 30.3 Å². The number of aromatic nitrogens is 5. The van der Waals surface area contributed by atoms with Crippen molar-refractivity contribution in [1.82, 2.24) is 24.7 Å². The van der Waals surface area contributed by atoms with Gasteiger partial charge in [-0.2, -0.15) is 5.26 Å². The Bertz CT molecular complexity index is 591. The van der Waals surface area contributed by atoms with E-state index in [1.807, 2.05) is 6.07 Å². The van der Waals surface area contributed by atoms with Gasteiger partial charge in [-0.25, -0.2) is 9.97 Å². The Kier molecular flexibility index (Phi) is 3.06. The van der Waals surface area contributed by atoms with Gasteiger partial charge in [0.25, 0.3) is 0 Å². The predicted octanol–water partition coefficient (Wildman–Crippen LogP) is 0.929. The molecule has 19 heavy (non-hydrogen) atoms. The Labute approximate surface area is 110 Å². The van der Waals surface area contributed by atoms with Gasteiger partial charge >= 0.3 is 0 Å². The molecule has 3 rings (SSSR count). The van der Waals surface area contributed by atoms with Crippen LogP contribution in [0.4, 0.5) is 5.82 Å². The van der Waals surface area contributed by atoms with Crippen LogP contribution in [0.3, 0.4) is 0 Å². The third kappa shape index (κ3) is 2.68. The van der Waals surface area contributed by atoms with Crippen molar-refractivity contribution in [2.24, 2.45) is 0 Å². The molecule has 0 radical (unpaired) electrons. The summed E-state index contributed by atoms with van der Waals surface area (Å²) in [6.45, 7) is 1.51. The summed E-state index contributed by atoms with van der Waals surface area (Å²) in [4.78, 5) is 8.05. The minimum Gasteiger partial charge on any atom is -0.367 e. The first-order valence-electron chi connectivity index (χ1n) is 6.20. The summed E-state index contributed by atoms with van der Waals surface area (Å²) in [5.41, 5.74) is 0.320. The Morgan fingerprint density at radius 2 is 2.26 bits per heavy atom. The van der Waals surface area contributed by atoms with Crippen molar-refractivity contribution >= 4 is 5.82 Å². The van der Waals surface area contributed by atoms with Crippen molar-refractivity contribution in [2.45, 2.75) is 25.3 Å². The normalized spacial score (nSPS) is 14.1. The molecule has 1 aliphatic carbocycles. The van der Waals surface area contributed by atoms with E-state index in [0.717, 1.165) is 18.9 Å². The van der Waals surface area contributed by atoms with Crippen molar-refractivity contribution in [1.29, 1.82) is 5.26 Å². The summed E-state index contributed by atoms with van der Waals surface area (Å²) in [6, 6.07) is 1.94. The molecule has 0 aromatic carbocycles. The molecule has 1 saturated carbocycles. The first-order chi connectivity index (χ1) is 9.36. The second kappa shape index (κ2) is 5.02. The Morgan fingerprint density at radius 1 is 1.37 bits per heavy atom. The second-order valence-electron chi connectivity index (χ2n) is 4.48. The van der Waals surface area contributed by atoms with Crippen LogP contribution in [-0.2, 0) is 6.54 Å². The highest BCUT2D eigenvalue weighted by Crippen LogP contribution is 2.38. The highest BCUT2D eigenvalue weighted by atomic mass is 15.3. The first kappa shape index (κ1) is 11.6. The number of hydrogen-bond donors (Lipinski definition) is 1. The standard InChI is InChI=1S/C12H13N7/c13-5-10-6-16-11(7-15-10)14-3-4-19-8-17-18-12(19)9-1-2-9/h6-9H,1-4H2,(H,14,16). The molecular formula is C12H13N7. The van der Waals surface area contributed by atoms with Gasteiger partial charge in [0.15, 0.2) is 5.69 Å². The summed E-state index contributed by atoms with van der Waals surface area (Å²) in [7, 11) is 0. The summed E-state index contributed by atoms with van der Waals surface area (Å²) < 4.78 is 2.07. The van der Waals surface area contributed by atoms with E-state index in [-0.39, 0.29) is 0 Å². The molecule has 0 saturated heterocycles. The average molecular weight is 255 g/mol. The summed E-state index contributed by atoms with van der Waals surface area (Å²) in [6.07, 6.45) is 7.21. The zero-order chi connectivity index (χ0) is 13.1. The van der Waals surface area contributed by atoms with Crippen LogP contribution < -0.4 is 5.32 Å². The zero-order valence-electron chi connectivity index (χ0n) is 10.3. The van der Waals surface area contributed by atoms with Crippen molar-refractivity contribution in [3.63, 3.8) is 0 Å². The summed E-state index contributed by atoms with van der Waals surface area (Å²) in [5.74, 6) is 2.34. The number of nitriles is 1. The Hall–Kier alpha value is -2.49. The van der Waals surface area contributed by atoms with Crippen molar-refractivity contribution in [3.05, 3.63) is 30.2 Å². The smallest absolute Gasteiger partial charge is 0.158 e. The second-order valence-corrected chi connectivity index (χ2v) is 4.48. The minimum atomic E-state index is 0.320. The molecule has 1 aliphatic rings. The highest BCUT2D eigenvalue weighted by Gasteiger charge is 2.28. The topological polar surface area (TPSA) is 92.3 Å². The van der Waals surface area contributed by atoms with Crippen LogP contribution >= 0.6 is 0 Å². The minimum absolute atomic E-state index is 0.320. The van der Waals surface area contributed by atoms with Gasteiger partial charge < -0.3 is 9.88 Å². The Balaban J connectivity index is 1.54. The Morgan fingerprint density at radius 3 is 2.95 bits per heavy atom. The molecule has 2 aromatic rings. The molecule has 0 amide bonds. The monoisotopic (exact) mass is 255 g/mol. The number of rotatable bonds is 5. The lowest BCUT2D eigenvalue weighted by Crippen LogP contribution is -2.13. The van der Waals surface area contributed by atoms with E-state index < -0.39 is 0 Å². The van der Waals surface area contributed by atoms with Crippen LogP contribution in [0.15, 0.2) is 18.7 Å².